The maximum absolute atomic E-state index is 5.73. The van der Waals surface area contributed by atoms with E-state index in [0.29, 0.717) is 11.2 Å². The van der Waals surface area contributed by atoms with Crippen molar-refractivity contribution in [2.45, 2.75) is 26.8 Å². The molecule has 1 rings (SSSR count). The second-order valence-corrected chi connectivity index (χ2v) is 3.10. The molecule has 11 heavy (non-hydrogen) atoms. The molecule has 1 unspecified atom stereocenters. The zero-order valence-electron chi connectivity index (χ0n) is 6.79. The third-order valence-corrected chi connectivity index (χ3v) is 2.07. The molecular formula is C7H12ClN3. The average Bonchev–Trinajstić information content (AvgIpc) is 2.37. The van der Waals surface area contributed by atoms with Crippen LogP contribution in [0, 0.1) is 5.92 Å². The van der Waals surface area contributed by atoms with Crippen molar-refractivity contribution in [2.75, 3.05) is 0 Å². The smallest absolute Gasteiger partial charge is 0.224 e. The first kappa shape index (κ1) is 8.53. The van der Waals surface area contributed by atoms with Gasteiger partial charge in [0.1, 0.15) is 6.33 Å². The summed E-state index contributed by atoms with van der Waals surface area (Å²) in [5.41, 5.74) is 0. The highest BCUT2D eigenvalue weighted by Crippen LogP contribution is 2.09. The summed E-state index contributed by atoms with van der Waals surface area (Å²) in [4.78, 5) is 0. The van der Waals surface area contributed by atoms with Crippen molar-refractivity contribution < 1.29 is 0 Å². The third-order valence-electron chi connectivity index (χ3n) is 1.77. The molecule has 0 saturated heterocycles. The van der Waals surface area contributed by atoms with Gasteiger partial charge in [0, 0.05) is 6.54 Å². The molecule has 0 aliphatic rings. The molecular weight excluding hydrogens is 162 g/mol. The van der Waals surface area contributed by atoms with Gasteiger partial charge in [-0.3, -0.25) is 0 Å². The quantitative estimate of drug-likeness (QED) is 0.700. The lowest BCUT2D eigenvalue weighted by Gasteiger charge is -2.08. The van der Waals surface area contributed by atoms with Crippen LogP contribution in [0.25, 0.3) is 0 Å². The first-order valence-corrected chi connectivity index (χ1v) is 4.15. The molecule has 0 fully saturated rings. The van der Waals surface area contributed by atoms with Crippen LogP contribution in [-0.4, -0.2) is 14.8 Å². The molecule has 1 atom stereocenters. The molecule has 0 radical (unpaired) electrons. The summed E-state index contributed by atoms with van der Waals surface area (Å²) in [7, 11) is 0. The molecule has 3 nitrogen and oxygen atoms in total. The molecule has 62 valence electrons. The van der Waals surface area contributed by atoms with Crippen LogP contribution in [0.15, 0.2) is 6.33 Å². The maximum Gasteiger partial charge on any atom is 0.224 e. The number of rotatable bonds is 3. The minimum absolute atomic E-state index is 0.477. The Morgan fingerprint density at radius 1 is 1.73 bits per heavy atom. The van der Waals surface area contributed by atoms with Crippen molar-refractivity contribution in [1.29, 1.82) is 0 Å². The van der Waals surface area contributed by atoms with Gasteiger partial charge in [-0.2, -0.15) is 0 Å². The molecule has 0 spiro atoms. The number of nitrogens with zero attached hydrogens (tertiary/aromatic N) is 3. The third kappa shape index (κ3) is 2.19. The Balaban J connectivity index is 2.56. The van der Waals surface area contributed by atoms with Gasteiger partial charge in [0.2, 0.25) is 5.28 Å². The van der Waals surface area contributed by atoms with Crippen molar-refractivity contribution in [2.24, 2.45) is 5.92 Å². The van der Waals surface area contributed by atoms with Gasteiger partial charge >= 0.3 is 0 Å². The van der Waals surface area contributed by atoms with Gasteiger partial charge in [0.15, 0.2) is 0 Å². The Morgan fingerprint density at radius 2 is 2.45 bits per heavy atom. The minimum atomic E-state index is 0.477. The van der Waals surface area contributed by atoms with Crippen molar-refractivity contribution in [3.05, 3.63) is 11.6 Å². The zero-order chi connectivity index (χ0) is 8.27. The summed E-state index contributed by atoms with van der Waals surface area (Å²) in [6, 6.07) is 0. The van der Waals surface area contributed by atoms with Gasteiger partial charge in [0.05, 0.1) is 0 Å². The molecule has 1 heterocycles. The van der Waals surface area contributed by atoms with Crippen molar-refractivity contribution >= 4 is 11.6 Å². The Morgan fingerprint density at radius 3 is 2.91 bits per heavy atom. The van der Waals surface area contributed by atoms with E-state index >= 15 is 0 Å². The summed E-state index contributed by atoms with van der Waals surface area (Å²) in [6.45, 7) is 5.24. The monoisotopic (exact) mass is 173 g/mol. The first-order chi connectivity index (χ1) is 5.24. The van der Waals surface area contributed by atoms with Crippen LogP contribution >= 0.6 is 11.6 Å². The molecule has 0 saturated carbocycles. The highest BCUT2D eigenvalue weighted by molar-refractivity contribution is 6.28. The van der Waals surface area contributed by atoms with Crippen LogP contribution in [0.1, 0.15) is 20.3 Å². The van der Waals surface area contributed by atoms with E-state index in [-0.39, 0.29) is 0 Å². The van der Waals surface area contributed by atoms with E-state index in [9.17, 15) is 0 Å². The molecule has 4 heteroatoms. The SMILES string of the molecule is CCC(C)Cn1cnnc1Cl. The Bertz CT molecular complexity index is 221. The number of hydrogen-bond donors (Lipinski definition) is 0. The molecule has 0 aliphatic carbocycles. The Kier molecular flexibility index (Phi) is 2.88. The average molecular weight is 174 g/mol. The topological polar surface area (TPSA) is 30.7 Å². The zero-order valence-corrected chi connectivity index (χ0v) is 7.54. The fourth-order valence-corrected chi connectivity index (χ4v) is 0.985. The van der Waals surface area contributed by atoms with Crippen LogP contribution in [0.4, 0.5) is 0 Å². The molecule has 0 aliphatic heterocycles. The van der Waals surface area contributed by atoms with Crippen LogP contribution in [-0.2, 0) is 6.54 Å². The first-order valence-electron chi connectivity index (χ1n) is 3.77. The van der Waals surface area contributed by atoms with Gasteiger partial charge in [-0.15, -0.1) is 10.2 Å². The summed E-state index contributed by atoms with van der Waals surface area (Å²) < 4.78 is 1.86. The number of aromatic nitrogens is 3. The van der Waals surface area contributed by atoms with Crippen LogP contribution < -0.4 is 0 Å². The van der Waals surface area contributed by atoms with E-state index in [4.69, 9.17) is 11.6 Å². The van der Waals surface area contributed by atoms with Crippen LogP contribution in [0.5, 0.6) is 0 Å². The minimum Gasteiger partial charge on any atom is -0.304 e. The normalized spacial score (nSPS) is 13.4. The van der Waals surface area contributed by atoms with Gasteiger partial charge in [-0.25, -0.2) is 0 Å². The highest BCUT2D eigenvalue weighted by atomic mass is 35.5. The van der Waals surface area contributed by atoms with Crippen LogP contribution in [0.2, 0.25) is 5.28 Å². The summed E-state index contributed by atoms with van der Waals surface area (Å²) in [6.07, 6.45) is 2.81. The lowest BCUT2D eigenvalue weighted by Crippen LogP contribution is -2.05. The van der Waals surface area contributed by atoms with E-state index in [1.54, 1.807) is 6.33 Å². The number of hydrogen-bond acceptors (Lipinski definition) is 2. The van der Waals surface area contributed by atoms with Crippen molar-refractivity contribution in [1.82, 2.24) is 14.8 Å². The number of halogens is 1. The molecule has 0 amide bonds. The largest absolute Gasteiger partial charge is 0.304 e. The predicted molar refractivity (Wildman–Crippen MR) is 44.5 cm³/mol. The Labute approximate surface area is 71.4 Å². The van der Waals surface area contributed by atoms with Gasteiger partial charge in [-0.05, 0) is 17.5 Å². The standard InChI is InChI=1S/C7H12ClN3/c1-3-6(2)4-11-5-9-10-7(11)8/h5-6H,3-4H2,1-2H3. The summed E-state index contributed by atoms with van der Waals surface area (Å²) in [5, 5.41) is 7.85. The molecule has 1 aromatic heterocycles. The molecule has 0 N–H and O–H groups in total. The van der Waals surface area contributed by atoms with Crippen molar-refractivity contribution in [3.63, 3.8) is 0 Å². The van der Waals surface area contributed by atoms with Crippen molar-refractivity contribution in [3.8, 4) is 0 Å². The van der Waals surface area contributed by atoms with Gasteiger partial charge in [-0.1, -0.05) is 20.3 Å². The fraction of sp³-hybridized carbons (Fsp3) is 0.714. The van der Waals surface area contributed by atoms with Crippen LogP contribution in [0.3, 0.4) is 0 Å². The van der Waals surface area contributed by atoms with E-state index in [1.165, 1.54) is 0 Å². The lowest BCUT2D eigenvalue weighted by molar-refractivity contribution is 0.468. The lowest BCUT2D eigenvalue weighted by atomic mass is 10.1. The van der Waals surface area contributed by atoms with E-state index in [0.717, 1.165) is 13.0 Å². The fourth-order valence-electron chi connectivity index (χ4n) is 0.828. The highest BCUT2D eigenvalue weighted by Gasteiger charge is 2.03. The summed E-state index contributed by atoms with van der Waals surface area (Å²) in [5.74, 6) is 0.628. The Hall–Kier alpha value is -0.570. The summed E-state index contributed by atoms with van der Waals surface area (Å²) >= 11 is 5.73. The van der Waals surface area contributed by atoms with E-state index in [1.807, 2.05) is 4.57 Å². The molecule has 1 aromatic rings. The molecule has 0 bridgehead atoms. The second kappa shape index (κ2) is 3.72. The van der Waals surface area contributed by atoms with Gasteiger partial charge < -0.3 is 4.57 Å². The second-order valence-electron chi connectivity index (χ2n) is 2.77. The predicted octanol–water partition coefficient (Wildman–Crippen LogP) is 1.98. The van der Waals surface area contributed by atoms with E-state index < -0.39 is 0 Å². The molecule has 0 aromatic carbocycles. The van der Waals surface area contributed by atoms with E-state index in [2.05, 4.69) is 24.0 Å². The van der Waals surface area contributed by atoms with Gasteiger partial charge in [0.25, 0.3) is 0 Å². The maximum atomic E-state index is 5.73.